The number of benzene rings is 1. The molecule has 0 saturated heterocycles. The number of aromatic nitrogens is 2. The summed E-state index contributed by atoms with van der Waals surface area (Å²) in [4.78, 5) is 24.9. The zero-order chi connectivity index (χ0) is 18.8. The van der Waals surface area contributed by atoms with Crippen molar-refractivity contribution >= 4 is 22.5 Å². The van der Waals surface area contributed by atoms with Crippen molar-refractivity contribution in [3.63, 3.8) is 0 Å². The van der Waals surface area contributed by atoms with Gasteiger partial charge in [-0.15, -0.1) is 0 Å². The molecular formula is C20H18FN3O3. The maximum Gasteiger partial charge on any atom is 0.275 e. The third-order valence-corrected chi connectivity index (χ3v) is 4.54. The lowest BCUT2D eigenvalue weighted by Crippen LogP contribution is -2.29. The summed E-state index contributed by atoms with van der Waals surface area (Å²) in [6, 6.07) is 11.4. The van der Waals surface area contributed by atoms with Crippen LogP contribution >= 0.6 is 0 Å². The molecule has 138 valence electrons. The summed E-state index contributed by atoms with van der Waals surface area (Å²) in [5.41, 5.74) is 1.43. The number of carbonyl (C=O) groups is 1. The second kappa shape index (κ2) is 7.11. The van der Waals surface area contributed by atoms with E-state index in [2.05, 4.69) is 5.32 Å². The van der Waals surface area contributed by atoms with Gasteiger partial charge in [0.1, 0.15) is 17.1 Å². The molecule has 27 heavy (non-hydrogen) atoms. The number of halogens is 1. The summed E-state index contributed by atoms with van der Waals surface area (Å²) < 4.78 is 22.2. The van der Waals surface area contributed by atoms with Crippen LogP contribution in [0.3, 0.4) is 0 Å². The molecule has 0 unspecified atom stereocenters. The Morgan fingerprint density at radius 2 is 2.00 bits per heavy atom. The smallest absolute Gasteiger partial charge is 0.275 e. The van der Waals surface area contributed by atoms with Crippen LogP contribution in [0, 0.1) is 5.82 Å². The van der Waals surface area contributed by atoms with E-state index in [4.69, 9.17) is 4.42 Å². The normalized spacial score (nSPS) is 11.3. The lowest BCUT2D eigenvalue weighted by molar-refractivity contribution is -0.121. The van der Waals surface area contributed by atoms with Crippen LogP contribution in [0.2, 0.25) is 0 Å². The molecule has 0 aliphatic carbocycles. The molecule has 6 nitrogen and oxygen atoms in total. The fraction of sp³-hybridized carbons (Fsp3) is 0.200. The molecule has 1 aromatic carbocycles. The predicted octanol–water partition coefficient (Wildman–Crippen LogP) is 2.74. The van der Waals surface area contributed by atoms with E-state index in [0.717, 1.165) is 5.76 Å². The van der Waals surface area contributed by atoms with E-state index >= 15 is 0 Å². The molecule has 3 heterocycles. The van der Waals surface area contributed by atoms with Crippen molar-refractivity contribution in [2.24, 2.45) is 0 Å². The van der Waals surface area contributed by atoms with Gasteiger partial charge in [-0.1, -0.05) is 0 Å². The predicted molar refractivity (Wildman–Crippen MR) is 99.2 cm³/mol. The van der Waals surface area contributed by atoms with Crippen LogP contribution in [0.1, 0.15) is 12.2 Å². The van der Waals surface area contributed by atoms with Gasteiger partial charge < -0.3 is 18.7 Å². The van der Waals surface area contributed by atoms with Crippen molar-refractivity contribution in [3.05, 3.63) is 76.9 Å². The van der Waals surface area contributed by atoms with Gasteiger partial charge in [0.2, 0.25) is 5.91 Å². The number of aryl methyl sites for hydroxylation is 1. The molecule has 4 aromatic rings. The van der Waals surface area contributed by atoms with Gasteiger partial charge in [-0.2, -0.15) is 0 Å². The number of nitrogens with zero attached hydrogens (tertiary/aromatic N) is 2. The van der Waals surface area contributed by atoms with Crippen LogP contribution in [0.5, 0.6) is 0 Å². The molecule has 0 fully saturated rings. The van der Waals surface area contributed by atoms with E-state index in [1.807, 2.05) is 6.07 Å². The molecule has 0 spiro atoms. The van der Waals surface area contributed by atoms with Crippen molar-refractivity contribution in [2.75, 3.05) is 6.54 Å². The minimum Gasteiger partial charge on any atom is -0.469 e. The molecule has 3 aromatic heterocycles. The molecule has 1 amide bonds. The number of furan rings is 1. The first-order valence-electron chi connectivity index (χ1n) is 8.72. The standard InChI is InChI=1S/C20H18FN3O3/c21-14-5-6-16-18(13-14)24(20(26)17-4-1-10-23(16)17)11-8-19(25)22-9-7-15-3-2-12-27-15/h1-6,10,12-13H,7-9,11H2,(H,22,25). The highest BCUT2D eigenvalue weighted by Gasteiger charge is 2.12. The summed E-state index contributed by atoms with van der Waals surface area (Å²) in [6.07, 6.45) is 4.08. The van der Waals surface area contributed by atoms with Crippen molar-refractivity contribution in [3.8, 4) is 0 Å². The van der Waals surface area contributed by atoms with Gasteiger partial charge >= 0.3 is 0 Å². The minimum absolute atomic E-state index is 0.126. The van der Waals surface area contributed by atoms with Crippen molar-refractivity contribution in [1.82, 2.24) is 14.3 Å². The zero-order valence-electron chi connectivity index (χ0n) is 14.5. The van der Waals surface area contributed by atoms with Gasteiger partial charge in [0, 0.05) is 32.1 Å². The first kappa shape index (κ1) is 17.1. The van der Waals surface area contributed by atoms with Gasteiger partial charge in [-0.05, 0) is 42.5 Å². The summed E-state index contributed by atoms with van der Waals surface area (Å²) >= 11 is 0. The van der Waals surface area contributed by atoms with Gasteiger partial charge in [-0.3, -0.25) is 9.59 Å². The lowest BCUT2D eigenvalue weighted by atomic mass is 10.2. The van der Waals surface area contributed by atoms with Crippen LogP contribution in [0.15, 0.2) is 64.1 Å². The third kappa shape index (κ3) is 3.36. The topological polar surface area (TPSA) is 68.7 Å². The molecule has 4 rings (SSSR count). The van der Waals surface area contributed by atoms with E-state index in [0.29, 0.717) is 29.5 Å². The maximum atomic E-state index is 13.8. The fourth-order valence-corrected chi connectivity index (χ4v) is 3.23. The summed E-state index contributed by atoms with van der Waals surface area (Å²) in [7, 11) is 0. The molecule has 0 bridgehead atoms. The number of fused-ring (bicyclic) bond motifs is 3. The molecule has 0 radical (unpaired) electrons. The van der Waals surface area contributed by atoms with Crippen molar-refractivity contribution < 1.29 is 13.6 Å². The Morgan fingerprint density at radius 1 is 1.11 bits per heavy atom. The van der Waals surface area contributed by atoms with Gasteiger partial charge in [0.25, 0.3) is 5.56 Å². The van der Waals surface area contributed by atoms with E-state index in [1.54, 1.807) is 41.1 Å². The Morgan fingerprint density at radius 3 is 2.81 bits per heavy atom. The number of hydrogen-bond donors (Lipinski definition) is 1. The molecule has 0 saturated carbocycles. The highest BCUT2D eigenvalue weighted by molar-refractivity contribution is 5.80. The zero-order valence-corrected chi connectivity index (χ0v) is 14.5. The second-order valence-corrected chi connectivity index (χ2v) is 6.28. The van der Waals surface area contributed by atoms with E-state index in [-0.39, 0.29) is 24.4 Å². The first-order valence-corrected chi connectivity index (χ1v) is 8.72. The van der Waals surface area contributed by atoms with Crippen LogP contribution in [-0.4, -0.2) is 21.4 Å². The fourth-order valence-electron chi connectivity index (χ4n) is 3.23. The Bertz CT molecular complexity index is 1160. The van der Waals surface area contributed by atoms with E-state index in [9.17, 15) is 14.0 Å². The summed E-state index contributed by atoms with van der Waals surface area (Å²) in [5.74, 6) is 0.199. The van der Waals surface area contributed by atoms with Crippen LogP contribution in [0.25, 0.3) is 16.6 Å². The van der Waals surface area contributed by atoms with Gasteiger partial charge in [-0.25, -0.2) is 4.39 Å². The van der Waals surface area contributed by atoms with Gasteiger partial charge in [0.05, 0.1) is 17.3 Å². The lowest BCUT2D eigenvalue weighted by Gasteiger charge is -2.13. The van der Waals surface area contributed by atoms with Crippen LogP contribution in [-0.2, 0) is 17.8 Å². The molecule has 7 heteroatoms. The number of rotatable bonds is 6. The Hall–Kier alpha value is -3.35. The Labute approximate surface area is 153 Å². The average Bonchev–Trinajstić information content (AvgIpc) is 3.33. The number of hydrogen-bond acceptors (Lipinski definition) is 3. The third-order valence-electron chi connectivity index (χ3n) is 4.54. The SMILES string of the molecule is O=C(CCn1c(=O)c2cccn2c2ccc(F)cc21)NCCc1ccco1. The summed E-state index contributed by atoms with van der Waals surface area (Å²) in [5, 5.41) is 2.81. The number of carbonyl (C=O) groups excluding carboxylic acids is 1. The molecule has 0 aliphatic heterocycles. The average molecular weight is 367 g/mol. The Kier molecular flexibility index (Phi) is 4.50. The minimum atomic E-state index is -0.426. The second-order valence-electron chi connectivity index (χ2n) is 6.28. The highest BCUT2D eigenvalue weighted by atomic mass is 19.1. The maximum absolute atomic E-state index is 13.8. The quantitative estimate of drug-likeness (QED) is 0.570. The Balaban J connectivity index is 1.53. The van der Waals surface area contributed by atoms with E-state index in [1.165, 1.54) is 16.7 Å². The molecule has 0 atom stereocenters. The van der Waals surface area contributed by atoms with E-state index < -0.39 is 5.82 Å². The van der Waals surface area contributed by atoms with Crippen LogP contribution in [0.4, 0.5) is 4.39 Å². The molecule has 1 N–H and O–H groups in total. The number of amides is 1. The molecule has 0 aliphatic rings. The first-order chi connectivity index (χ1) is 13.1. The van der Waals surface area contributed by atoms with Crippen molar-refractivity contribution in [2.45, 2.75) is 19.4 Å². The molecular weight excluding hydrogens is 349 g/mol. The highest BCUT2D eigenvalue weighted by Crippen LogP contribution is 2.17. The van der Waals surface area contributed by atoms with Crippen molar-refractivity contribution in [1.29, 1.82) is 0 Å². The van der Waals surface area contributed by atoms with Crippen LogP contribution < -0.4 is 10.9 Å². The van der Waals surface area contributed by atoms with Gasteiger partial charge in [0.15, 0.2) is 0 Å². The summed E-state index contributed by atoms with van der Waals surface area (Å²) in [6.45, 7) is 0.626. The number of nitrogens with one attached hydrogen (secondary N) is 1. The monoisotopic (exact) mass is 367 g/mol. The largest absolute Gasteiger partial charge is 0.469 e.